The lowest BCUT2D eigenvalue weighted by atomic mass is 10.2. The van der Waals surface area contributed by atoms with Crippen molar-refractivity contribution in [2.24, 2.45) is 5.92 Å². The van der Waals surface area contributed by atoms with E-state index >= 15 is 0 Å². The van der Waals surface area contributed by atoms with Crippen LogP contribution < -0.4 is 4.74 Å². The number of hydrogen-bond donors (Lipinski definition) is 0. The molecule has 0 amide bonds. The summed E-state index contributed by atoms with van der Waals surface area (Å²) in [5.41, 5.74) is 1.95. The van der Waals surface area contributed by atoms with Crippen molar-refractivity contribution in [3.05, 3.63) is 34.8 Å². The van der Waals surface area contributed by atoms with Gasteiger partial charge < -0.3 is 4.74 Å². The highest BCUT2D eigenvalue weighted by atomic mass is 32.1. The van der Waals surface area contributed by atoms with Gasteiger partial charge in [-0.15, -0.1) is 11.3 Å². The first-order valence-corrected chi connectivity index (χ1v) is 8.08. The highest BCUT2D eigenvalue weighted by molar-refractivity contribution is 7.15. The minimum absolute atomic E-state index is 0.512. The Kier molecular flexibility index (Phi) is 5.35. The summed E-state index contributed by atoms with van der Waals surface area (Å²) in [6.45, 7) is 7.07. The van der Waals surface area contributed by atoms with Crippen molar-refractivity contribution in [1.29, 1.82) is 5.26 Å². The van der Waals surface area contributed by atoms with Gasteiger partial charge in [-0.05, 0) is 36.6 Å². The highest BCUT2D eigenvalue weighted by Crippen LogP contribution is 2.29. The number of hydrogen-bond acceptors (Lipinski definition) is 4. The van der Waals surface area contributed by atoms with Crippen molar-refractivity contribution in [1.82, 2.24) is 4.98 Å². The maximum absolute atomic E-state index is 9.17. The lowest BCUT2D eigenvalue weighted by Gasteiger charge is -2.08. The molecular weight excluding hydrogens is 280 g/mol. The van der Waals surface area contributed by atoms with Crippen LogP contribution in [-0.4, -0.2) is 11.6 Å². The smallest absolute Gasteiger partial charge is 0.128 e. The molecule has 2 rings (SSSR count). The van der Waals surface area contributed by atoms with Crippen molar-refractivity contribution in [3.8, 4) is 22.4 Å². The summed E-state index contributed by atoms with van der Waals surface area (Å²) in [4.78, 5) is 5.33. The third-order valence-corrected chi connectivity index (χ3v) is 4.02. The SMILES string of the molecule is CCCc1nc(-c2ccc(OCC(C)C)cc2)sc1C#N. The first-order chi connectivity index (χ1) is 10.1. The van der Waals surface area contributed by atoms with Gasteiger partial charge in [-0.1, -0.05) is 27.2 Å². The molecule has 0 N–H and O–H groups in total. The minimum atomic E-state index is 0.512. The Morgan fingerprint density at radius 3 is 2.57 bits per heavy atom. The Labute approximate surface area is 130 Å². The molecule has 0 fully saturated rings. The summed E-state index contributed by atoms with van der Waals surface area (Å²) < 4.78 is 5.68. The van der Waals surface area contributed by atoms with Gasteiger partial charge in [0.15, 0.2) is 0 Å². The van der Waals surface area contributed by atoms with Crippen LogP contribution in [-0.2, 0) is 6.42 Å². The molecule has 0 unspecified atom stereocenters. The molecular formula is C17H20N2OS. The molecule has 0 saturated heterocycles. The van der Waals surface area contributed by atoms with E-state index in [1.54, 1.807) is 0 Å². The Bertz CT molecular complexity index is 623. The van der Waals surface area contributed by atoms with Crippen LogP contribution in [0.1, 0.15) is 37.8 Å². The molecule has 0 atom stereocenters. The van der Waals surface area contributed by atoms with Crippen LogP contribution in [0.5, 0.6) is 5.75 Å². The number of aromatic nitrogens is 1. The number of ether oxygens (including phenoxy) is 1. The summed E-state index contributed by atoms with van der Waals surface area (Å²) in [5, 5.41) is 10.1. The van der Waals surface area contributed by atoms with E-state index in [2.05, 4.69) is 31.8 Å². The molecule has 0 bridgehead atoms. The Balaban J connectivity index is 2.17. The molecule has 0 aliphatic rings. The summed E-state index contributed by atoms with van der Waals surface area (Å²) in [5.74, 6) is 1.39. The molecule has 3 nitrogen and oxygen atoms in total. The van der Waals surface area contributed by atoms with Gasteiger partial charge in [0.1, 0.15) is 21.7 Å². The molecule has 0 spiro atoms. The predicted molar refractivity (Wildman–Crippen MR) is 86.6 cm³/mol. The summed E-state index contributed by atoms with van der Waals surface area (Å²) in [6, 6.07) is 10.2. The van der Waals surface area contributed by atoms with Crippen LogP contribution >= 0.6 is 11.3 Å². The first-order valence-electron chi connectivity index (χ1n) is 7.27. The molecule has 0 aliphatic heterocycles. The molecule has 21 heavy (non-hydrogen) atoms. The zero-order valence-electron chi connectivity index (χ0n) is 12.7. The van der Waals surface area contributed by atoms with E-state index in [-0.39, 0.29) is 0 Å². The molecule has 110 valence electrons. The van der Waals surface area contributed by atoms with E-state index in [1.807, 2.05) is 24.3 Å². The fraction of sp³-hybridized carbons (Fsp3) is 0.412. The fourth-order valence-corrected chi connectivity index (χ4v) is 2.84. The van der Waals surface area contributed by atoms with Crippen LogP contribution in [0, 0.1) is 17.2 Å². The van der Waals surface area contributed by atoms with Gasteiger partial charge >= 0.3 is 0 Å². The topological polar surface area (TPSA) is 45.9 Å². The second-order valence-corrected chi connectivity index (χ2v) is 6.38. The van der Waals surface area contributed by atoms with Crippen molar-refractivity contribution < 1.29 is 4.74 Å². The van der Waals surface area contributed by atoms with Crippen LogP contribution in [0.4, 0.5) is 0 Å². The predicted octanol–water partition coefficient (Wildman–Crippen LogP) is 4.67. The van der Waals surface area contributed by atoms with E-state index in [9.17, 15) is 5.26 Å². The Morgan fingerprint density at radius 1 is 1.29 bits per heavy atom. The molecule has 1 heterocycles. The van der Waals surface area contributed by atoms with Crippen LogP contribution in [0.2, 0.25) is 0 Å². The van der Waals surface area contributed by atoms with E-state index < -0.39 is 0 Å². The van der Waals surface area contributed by atoms with Crippen molar-refractivity contribution in [3.63, 3.8) is 0 Å². The van der Waals surface area contributed by atoms with Crippen LogP contribution in [0.15, 0.2) is 24.3 Å². The largest absolute Gasteiger partial charge is 0.493 e. The van der Waals surface area contributed by atoms with E-state index in [0.29, 0.717) is 5.92 Å². The molecule has 4 heteroatoms. The molecule has 1 aromatic carbocycles. The van der Waals surface area contributed by atoms with Gasteiger partial charge in [-0.25, -0.2) is 4.98 Å². The van der Waals surface area contributed by atoms with Crippen molar-refractivity contribution in [2.45, 2.75) is 33.6 Å². The standard InChI is InChI=1S/C17H20N2OS/c1-4-5-15-16(10-18)21-17(19-15)13-6-8-14(9-7-13)20-11-12(2)3/h6-9,12H,4-5,11H2,1-3H3. The molecule has 0 saturated carbocycles. The fourth-order valence-electron chi connectivity index (χ4n) is 1.93. The first kappa shape index (κ1) is 15.5. The summed E-state index contributed by atoms with van der Waals surface area (Å²) in [6.07, 6.45) is 1.86. The zero-order valence-corrected chi connectivity index (χ0v) is 13.5. The minimum Gasteiger partial charge on any atom is -0.493 e. The summed E-state index contributed by atoms with van der Waals surface area (Å²) >= 11 is 1.46. The average Bonchev–Trinajstić information content (AvgIpc) is 2.89. The Morgan fingerprint density at radius 2 is 2.00 bits per heavy atom. The lowest BCUT2D eigenvalue weighted by Crippen LogP contribution is -2.04. The third kappa shape index (κ3) is 4.05. The normalized spacial score (nSPS) is 10.6. The third-order valence-electron chi connectivity index (χ3n) is 2.97. The molecule has 0 aliphatic carbocycles. The number of nitriles is 1. The maximum atomic E-state index is 9.17. The number of aryl methyl sites for hydroxylation is 1. The average molecular weight is 300 g/mol. The van der Waals surface area contributed by atoms with Crippen molar-refractivity contribution >= 4 is 11.3 Å². The summed E-state index contributed by atoms with van der Waals surface area (Å²) in [7, 11) is 0. The van der Waals surface area contributed by atoms with Gasteiger partial charge in [-0.3, -0.25) is 0 Å². The van der Waals surface area contributed by atoms with Gasteiger partial charge in [0.25, 0.3) is 0 Å². The maximum Gasteiger partial charge on any atom is 0.128 e. The van der Waals surface area contributed by atoms with Gasteiger partial charge in [0.2, 0.25) is 0 Å². The second-order valence-electron chi connectivity index (χ2n) is 5.39. The monoisotopic (exact) mass is 300 g/mol. The quantitative estimate of drug-likeness (QED) is 0.779. The Hall–Kier alpha value is -1.86. The highest BCUT2D eigenvalue weighted by Gasteiger charge is 2.11. The van der Waals surface area contributed by atoms with Gasteiger partial charge in [0.05, 0.1) is 12.3 Å². The van der Waals surface area contributed by atoms with E-state index in [4.69, 9.17) is 4.74 Å². The van der Waals surface area contributed by atoms with E-state index in [0.717, 1.165) is 46.3 Å². The molecule has 1 aromatic heterocycles. The van der Waals surface area contributed by atoms with E-state index in [1.165, 1.54) is 11.3 Å². The van der Waals surface area contributed by atoms with Crippen LogP contribution in [0.3, 0.4) is 0 Å². The van der Waals surface area contributed by atoms with Gasteiger partial charge in [0, 0.05) is 5.56 Å². The second kappa shape index (κ2) is 7.24. The number of rotatable bonds is 6. The molecule has 0 radical (unpaired) electrons. The number of benzene rings is 1. The molecule has 2 aromatic rings. The van der Waals surface area contributed by atoms with Crippen molar-refractivity contribution in [2.75, 3.05) is 6.61 Å². The lowest BCUT2D eigenvalue weighted by molar-refractivity contribution is 0.271. The zero-order chi connectivity index (χ0) is 15.2. The van der Waals surface area contributed by atoms with Crippen LogP contribution in [0.25, 0.3) is 10.6 Å². The van der Waals surface area contributed by atoms with Gasteiger partial charge in [-0.2, -0.15) is 5.26 Å². The number of nitrogens with zero attached hydrogens (tertiary/aromatic N) is 2. The number of thiazole rings is 1.